The van der Waals surface area contributed by atoms with Crippen LogP contribution in [0.5, 0.6) is 0 Å². The van der Waals surface area contributed by atoms with E-state index in [1.165, 1.54) is 4.90 Å². The van der Waals surface area contributed by atoms with E-state index in [9.17, 15) is 14.4 Å². The number of benzene rings is 1. The van der Waals surface area contributed by atoms with Gasteiger partial charge in [-0.3, -0.25) is 14.4 Å². The SMILES string of the molecule is CCOC(=O)CCNC(=O)CN1CCN(c2ccc(C#N)cc2)CC1=O. The molecule has 0 radical (unpaired) electrons. The van der Waals surface area contributed by atoms with Crippen LogP contribution in [0.1, 0.15) is 18.9 Å². The number of rotatable bonds is 7. The van der Waals surface area contributed by atoms with Gasteiger partial charge in [0.05, 0.1) is 37.7 Å². The lowest BCUT2D eigenvalue weighted by Crippen LogP contribution is -2.53. The van der Waals surface area contributed by atoms with Crippen molar-refractivity contribution in [2.75, 3.05) is 44.2 Å². The van der Waals surface area contributed by atoms with Crippen molar-refractivity contribution in [3.63, 3.8) is 0 Å². The molecule has 0 aliphatic carbocycles. The molecule has 1 fully saturated rings. The average molecular weight is 358 g/mol. The highest BCUT2D eigenvalue weighted by molar-refractivity contribution is 5.88. The maximum absolute atomic E-state index is 12.3. The lowest BCUT2D eigenvalue weighted by Gasteiger charge is -2.35. The van der Waals surface area contributed by atoms with Gasteiger partial charge in [-0.05, 0) is 31.2 Å². The fraction of sp³-hybridized carbons (Fsp3) is 0.444. The number of piperazine rings is 1. The molecule has 2 rings (SSSR count). The third kappa shape index (κ3) is 5.48. The lowest BCUT2D eigenvalue weighted by atomic mass is 10.2. The van der Waals surface area contributed by atoms with Gasteiger partial charge in [0, 0.05) is 25.3 Å². The van der Waals surface area contributed by atoms with Crippen LogP contribution in [0.25, 0.3) is 0 Å². The molecular weight excluding hydrogens is 336 g/mol. The normalized spacial score (nSPS) is 13.9. The number of ether oxygens (including phenoxy) is 1. The van der Waals surface area contributed by atoms with Crippen molar-refractivity contribution in [3.05, 3.63) is 29.8 Å². The Morgan fingerprint density at radius 2 is 2.00 bits per heavy atom. The number of anilines is 1. The van der Waals surface area contributed by atoms with Crippen molar-refractivity contribution in [1.29, 1.82) is 5.26 Å². The minimum Gasteiger partial charge on any atom is -0.466 e. The van der Waals surface area contributed by atoms with E-state index in [2.05, 4.69) is 11.4 Å². The zero-order valence-corrected chi connectivity index (χ0v) is 14.7. The van der Waals surface area contributed by atoms with Crippen molar-refractivity contribution in [2.45, 2.75) is 13.3 Å². The Kier molecular flexibility index (Phi) is 6.97. The average Bonchev–Trinajstić information content (AvgIpc) is 2.63. The highest BCUT2D eigenvalue weighted by atomic mass is 16.5. The summed E-state index contributed by atoms with van der Waals surface area (Å²) in [6.45, 7) is 3.42. The van der Waals surface area contributed by atoms with Crippen LogP contribution in [0.15, 0.2) is 24.3 Å². The summed E-state index contributed by atoms with van der Waals surface area (Å²) >= 11 is 0. The van der Waals surface area contributed by atoms with Crippen LogP contribution >= 0.6 is 0 Å². The van der Waals surface area contributed by atoms with Crippen molar-refractivity contribution in [3.8, 4) is 6.07 Å². The van der Waals surface area contributed by atoms with Crippen molar-refractivity contribution < 1.29 is 19.1 Å². The third-order valence-corrected chi connectivity index (χ3v) is 3.97. The first-order valence-corrected chi connectivity index (χ1v) is 8.48. The van der Waals surface area contributed by atoms with Gasteiger partial charge in [0.1, 0.15) is 0 Å². The van der Waals surface area contributed by atoms with Gasteiger partial charge in [-0.2, -0.15) is 5.26 Å². The number of carbonyl (C=O) groups is 3. The molecule has 26 heavy (non-hydrogen) atoms. The quantitative estimate of drug-likeness (QED) is 0.702. The summed E-state index contributed by atoms with van der Waals surface area (Å²) in [6.07, 6.45) is 0.111. The van der Waals surface area contributed by atoms with Gasteiger partial charge in [-0.15, -0.1) is 0 Å². The zero-order chi connectivity index (χ0) is 18.9. The maximum Gasteiger partial charge on any atom is 0.307 e. The molecule has 8 heteroatoms. The second-order valence-electron chi connectivity index (χ2n) is 5.80. The molecule has 1 aliphatic rings. The Morgan fingerprint density at radius 1 is 1.27 bits per heavy atom. The summed E-state index contributed by atoms with van der Waals surface area (Å²) in [6, 6.07) is 9.10. The highest BCUT2D eigenvalue weighted by Crippen LogP contribution is 2.17. The number of hydrogen-bond acceptors (Lipinski definition) is 6. The van der Waals surface area contributed by atoms with Crippen molar-refractivity contribution in [2.24, 2.45) is 0 Å². The minimum absolute atomic E-state index is 0.0249. The monoisotopic (exact) mass is 358 g/mol. The van der Waals surface area contributed by atoms with Gasteiger partial charge in [-0.25, -0.2) is 0 Å². The number of hydrogen-bond donors (Lipinski definition) is 1. The van der Waals surface area contributed by atoms with E-state index in [-0.39, 0.29) is 43.8 Å². The molecule has 2 amide bonds. The van der Waals surface area contributed by atoms with Gasteiger partial charge in [0.2, 0.25) is 11.8 Å². The van der Waals surface area contributed by atoms with Crippen LogP contribution in [0.4, 0.5) is 5.69 Å². The molecule has 1 aromatic rings. The van der Waals surface area contributed by atoms with Crippen LogP contribution < -0.4 is 10.2 Å². The smallest absolute Gasteiger partial charge is 0.307 e. The largest absolute Gasteiger partial charge is 0.466 e. The topological polar surface area (TPSA) is 103 Å². The highest BCUT2D eigenvalue weighted by Gasteiger charge is 2.25. The Balaban J connectivity index is 1.77. The van der Waals surface area contributed by atoms with Crippen LogP contribution in [0.2, 0.25) is 0 Å². The second-order valence-corrected chi connectivity index (χ2v) is 5.80. The van der Waals surface area contributed by atoms with Crippen LogP contribution in [0.3, 0.4) is 0 Å². The number of nitrogens with one attached hydrogen (secondary N) is 1. The van der Waals surface area contributed by atoms with Crippen molar-refractivity contribution in [1.82, 2.24) is 10.2 Å². The number of amides is 2. The Hall–Kier alpha value is -3.08. The minimum atomic E-state index is -0.361. The van der Waals surface area contributed by atoms with Gasteiger partial charge in [0.15, 0.2) is 0 Å². The second kappa shape index (κ2) is 9.42. The van der Waals surface area contributed by atoms with Gasteiger partial charge in [-0.1, -0.05) is 0 Å². The first-order valence-electron chi connectivity index (χ1n) is 8.48. The third-order valence-electron chi connectivity index (χ3n) is 3.97. The summed E-state index contributed by atoms with van der Waals surface area (Å²) < 4.78 is 4.78. The maximum atomic E-state index is 12.3. The van der Waals surface area contributed by atoms with Gasteiger partial charge < -0.3 is 19.9 Å². The number of nitriles is 1. The van der Waals surface area contributed by atoms with Crippen molar-refractivity contribution >= 4 is 23.5 Å². The molecule has 1 heterocycles. The van der Waals surface area contributed by atoms with E-state index in [1.54, 1.807) is 19.1 Å². The first kappa shape index (κ1) is 19.2. The number of nitrogens with zero attached hydrogens (tertiary/aromatic N) is 3. The zero-order valence-electron chi connectivity index (χ0n) is 14.7. The van der Waals surface area contributed by atoms with E-state index in [4.69, 9.17) is 10.00 Å². The molecule has 1 N–H and O–H groups in total. The molecule has 0 unspecified atom stereocenters. The molecule has 8 nitrogen and oxygen atoms in total. The molecular formula is C18H22N4O4. The summed E-state index contributed by atoms with van der Waals surface area (Å²) in [5, 5.41) is 11.4. The Labute approximate surface area is 152 Å². The molecule has 0 bridgehead atoms. The molecule has 1 aliphatic heterocycles. The predicted molar refractivity (Wildman–Crippen MR) is 94.2 cm³/mol. The molecule has 0 aromatic heterocycles. The van der Waals surface area contributed by atoms with Crippen LogP contribution in [-0.2, 0) is 19.1 Å². The summed E-state index contributed by atoms with van der Waals surface area (Å²) in [5.74, 6) is -0.796. The summed E-state index contributed by atoms with van der Waals surface area (Å²) in [4.78, 5) is 38.8. The van der Waals surface area contributed by atoms with E-state index in [0.29, 0.717) is 25.3 Å². The number of esters is 1. The van der Waals surface area contributed by atoms with E-state index < -0.39 is 0 Å². The van der Waals surface area contributed by atoms with Crippen LogP contribution in [0, 0.1) is 11.3 Å². The molecule has 1 saturated heterocycles. The fourth-order valence-corrected chi connectivity index (χ4v) is 2.61. The summed E-state index contributed by atoms with van der Waals surface area (Å²) in [5.41, 5.74) is 1.44. The Morgan fingerprint density at radius 3 is 2.62 bits per heavy atom. The summed E-state index contributed by atoms with van der Waals surface area (Å²) in [7, 11) is 0. The predicted octanol–water partition coefficient (Wildman–Crippen LogP) is 0.276. The first-order chi connectivity index (χ1) is 12.5. The van der Waals surface area contributed by atoms with E-state index in [0.717, 1.165) is 5.69 Å². The lowest BCUT2D eigenvalue weighted by molar-refractivity contribution is -0.143. The van der Waals surface area contributed by atoms with Gasteiger partial charge >= 0.3 is 5.97 Å². The Bertz CT molecular complexity index is 696. The van der Waals surface area contributed by atoms with E-state index >= 15 is 0 Å². The van der Waals surface area contributed by atoms with Gasteiger partial charge in [0.25, 0.3) is 0 Å². The van der Waals surface area contributed by atoms with E-state index in [1.807, 2.05) is 17.0 Å². The molecule has 1 aromatic carbocycles. The standard InChI is InChI=1S/C18H22N4O4/c1-2-26-18(25)7-8-20-16(23)12-22-10-9-21(13-17(22)24)15-5-3-14(11-19)4-6-15/h3-6H,2,7-10,12-13H2,1H3,(H,20,23). The number of carbonyl (C=O) groups excluding carboxylic acids is 3. The fourth-order valence-electron chi connectivity index (χ4n) is 2.61. The molecule has 0 atom stereocenters. The molecule has 138 valence electrons. The van der Waals surface area contributed by atoms with Crippen LogP contribution in [-0.4, -0.2) is 62.0 Å². The molecule has 0 saturated carbocycles. The molecule has 0 spiro atoms.